The maximum absolute atomic E-state index is 11.8. The molecule has 138 valence electrons. The molecule has 0 unspecified atom stereocenters. The van der Waals surface area contributed by atoms with Crippen molar-refractivity contribution in [3.8, 4) is 0 Å². The van der Waals surface area contributed by atoms with Crippen molar-refractivity contribution in [3.05, 3.63) is 50.8 Å². The zero-order chi connectivity index (χ0) is 19.3. The molecule has 26 heavy (non-hydrogen) atoms. The maximum Gasteiger partial charge on any atom is 0.337 e. The van der Waals surface area contributed by atoms with Crippen LogP contribution in [0, 0.1) is 24.0 Å². The van der Waals surface area contributed by atoms with E-state index in [4.69, 9.17) is 11.6 Å². The third kappa shape index (κ3) is 4.93. The Labute approximate surface area is 153 Å². The van der Waals surface area contributed by atoms with Crippen LogP contribution in [0.3, 0.4) is 0 Å². The lowest BCUT2D eigenvalue weighted by Gasteiger charge is -2.09. The van der Waals surface area contributed by atoms with Crippen molar-refractivity contribution in [1.29, 1.82) is 0 Å². The fourth-order valence-electron chi connectivity index (χ4n) is 2.26. The van der Waals surface area contributed by atoms with Crippen LogP contribution in [0.4, 0.5) is 16.2 Å². The van der Waals surface area contributed by atoms with Crippen molar-refractivity contribution in [1.82, 2.24) is 20.6 Å². The van der Waals surface area contributed by atoms with E-state index in [1.165, 1.54) is 11.6 Å². The van der Waals surface area contributed by atoms with Crippen LogP contribution in [0.15, 0.2) is 24.3 Å². The highest BCUT2D eigenvalue weighted by Crippen LogP contribution is 2.21. The van der Waals surface area contributed by atoms with Crippen molar-refractivity contribution in [2.75, 3.05) is 5.32 Å². The van der Waals surface area contributed by atoms with Crippen molar-refractivity contribution in [2.45, 2.75) is 26.8 Å². The number of aromatic nitrogens is 2. The summed E-state index contributed by atoms with van der Waals surface area (Å²) in [5.74, 6) is -0.466. The first-order chi connectivity index (χ1) is 12.3. The lowest BCUT2D eigenvalue weighted by Crippen LogP contribution is -2.44. The summed E-state index contributed by atoms with van der Waals surface area (Å²) in [6.45, 7) is 3.24. The average Bonchev–Trinajstić information content (AvgIpc) is 2.87. The van der Waals surface area contributed by atoms with Crippen LogP contribution in [-0.4, -0.2) is 26.6 Å². The second kappa shape index (κ2) is 8.30. The molecule has 0 spiro atoms. The average molecular weight is 381 g/mol. The van der Waals surface area contributed by atoms with Gasteiger partial charge in [0.15, 0.2) is 0 Å². The number of rotatable bonds is 5. The standard InChI is InChI=1S/C15H17ClN6O4/c1-9-14(22(25)26)10(2)21(20-9)8-7-13(23)18-19-15(24)17-12-5-3-11(16)4-6-12/h3-6H,7-8H2,1-2H3,(H,18,23)(H2,17,19,24). The van der Waals surface area contributed by atoms with Gasteiger partial charge in [0, 0.05) is 17.1 Å². The molecule has 0 aliphatic carbocycles. The highest BCUT2D eigenvalue weighted by Gasteiger charge is 2.21. The fraction of sp³-hybridized carbons (Fsp3) is 0.267. The largest absolute Gasteiger partial charge is 0.337 e. The third-order valence-electron chi connectivity index (χ3n) is 3.49. The zero-order valence-corrected chi connectivity index (χ0v) is 14.8. The number of hydrogen-bond donors (Lipinski definition) is 3. The lowest BCUT2D eigenvalue weighted by molar-refractivity contribution is -0.386. The molecule has 0 aliphatic heterocycles. The van der Waals surface area contributed by atoms with Crippen LogP contribution in [0.1, 0.15) is 17.8 Å². The first-order valence-electron chi connectivity index (χ1n) is 7.57. The van der Waals surface area contributed by atoms with Crippen LogP contribution in [0.2, 0.25) is 5.02 Å². The minimum absolute atomic E-state index is 0.0136. The number of carbonyl (C=O) groups excluding carboxylic acids is 2. The molecule has 0 aliphatic rings. The predicted molar refractivity (Wildman–Crippen MR) is 94.7 cm³/mol. The minimum Gasteiger partial charge on any atom is -0.307 e. The number of halogens is 1. The van der Waals surface area contributed by atoms with Gasteiger partial charge < -0.3 is 5.32 Å². The van der Waals surface area contributed by atoms with Gasteiger partial charge in [0.1, 0.15) is 11.4 Å². The van der Waals surface area contributed by atoms with Gasteiger partial charge in [-0.3, -0.25) is 25.0 Å². The summed E-state index contributed by atoms with van der Waals surface area (Å²) in [4.78, 5) is 33.9. The third-order valence-corrected chi connectivity index (χ3v) is 3.75. The molecule has 3 N–H and O–H groups in total. The second-order valence-electron chi connectivity index (χ2n) is 5.38. The van der Waals surface area contributed by atoms with E-state index in [2.05, 4.69) is 21.3 Å². The van der Waals surface area contributed by atoms with E-state index in [-0.39, 0.29) is 24.3 Å². The minimum atomic E-state index is -0.623. The molecule has 0 atom stereocenters. The summed E-state index contributed by atoms with van der Waals surface area (Å²) in [5, 5.41) is 18.0. The second-order valence-corrected chi connectivity index (χ2v) is 5.82. The van der Waals surface area contributed by atoms with Gasteiger partial charge in [-0.05, 0) is 38.1 Å². The number of aryl methyl sites for hydroxylation is 2. The van der Waals surface area contributed by atoms with Gasteiger partial charge >= 0.3 is 11.7 Å². The molecule has 0 saturated carbocycles. The van der Waals surface area contributed by atoms with E-state index >= 15 is 0 Å². The van der Waals surface area contributed by atoms with Crippen molar-refractivity contribution < 1.29 is 14.5 Å². The fourth-order valence-corrected chi connectivity index (χ4v) is 2.39. The van der Waals surface area contributed by atoms with Crippen molar-refractivity contribution in [3.63, 3.8) is 0 Å². The van der Waals surface area contributed by atoms with E-state index in [0.29, 0.717) is 16.4 Å². The maximum atomic E-state index is 11.8. The number of anilines is 1. The molecule has 0 bridgehead atoms. The molecule has 3 amide bonds. The summed E-state index contributed by atoms with van der Waals surface area (Å²) in [6.07, 6.45) is -0.0136. The number of nitrogens with zero attached hydrogens (tertiary/aromatic N) is 3. The molecule has 2 rings (SSSR count). The van der Waals surface area contributed by atoms with Crippen LogP contribution in [0.25, 0.3) is 0 Å². The Morgan fingerprint density at radius 3 is 2.46 bits per heavy atom. The molecule has 0 radical (unpaired) electrons. The van der Waals surface area contributed by atoms with E-state index < -0.39 is 16.9 Å². The van der Waals surface area contributed by atoms with Crippen LogP contribution in [-0.2, 0) is 11.3 Å². The molecule has 0 saturated heterocycles. The van der Waals surface area contributed by atoms with Gasteiger partial charge in [0.2, 0.25) is 5.91 Å². The molecule has 1 aromatic heterocycles. The normalized spacial score (nSPS) is 10.3. The Balaban J connectivity index is 1.80. The number of nitro groups is 1. The van der Waals surface area contributed by atoms with Gasteiger partial charge in [-0.15, -0.1) is 0 Å². The van der Waals surface area contributed by atoms with E-state index in [1.807, 2.05) is 0 Å². The summed E-state index contributed by atoms with van der Waals surface area (Å²) < 4.78 is 1.39. The van der Waals surface area contributed by atoms with Crippen LogP contribution in [0.5, 0.6) is 0 Å². The van der Waals surface area contributed by atoms with Crippen molar-refractivity contribution in [2.24, 2.45) is 0 Å². The van der Waals surface area contributed by atoms with E-state index in [1.54, 1.807) is 31.2 Å². The Bertz CT molecular complexity index is 833. The Morgan fingerprint density at radius 2 is 1.88 bits per heavy atom. The number of urea groups is 1. The van der Waals surface area contributed by atoms with Gasteiger partial charge in [-0.2, -0.15) is 5.10 Å². The SMILES string of the molecule is Cc1nn(CCC(=O)NNC(=O)Nc2ccc(Cl)cc2)c(C)c1[N+](=O)[O-]. The van der Waals surface area contributed by atoms with Gasteiger partial charge in [0.25, 0.3) is 0 Å². The first-order valence-corrected chi connectivity index (χ1v) is 7.95. The Hall–Kier alpha value is -3.14. The molecule has 1 aromatic carbocycles. The van der Waals surface area contributed by atoms with E-state index in [0.717, 1.165) is 0 Å². The number of hydrazine groups is 1. The van der Waals surface area contributed by atoms with Crippen LogP contribution < -0.4 is 16.2 Å². The van der Waals surface area contributed by atoms with E-state index in [9.17, 15) is 19.7 Å². The summed E-state index contributed by atoms with van der Waals surface area (Å²) >= 11 is 5.75. The molecule has 11 heteroatoms. The highest BCUT2D eigenvalue weighted by atomic mass is 35.5. The smallest absolute Gasteiger partial charge is 0.307 e. The molecular weight excluding hydrogens is 364 g/mol. The van der Waals surface area contributed by atoms with Gasteiger partial charge in [-0.1, -0.05) is 11.6 Å². The number of amides is 3. The Morgan fingerprint density at radius 1 is 1.23 bits per heavy atom. The number of nitrogens with one attached hydrogen (secondary N) is 3. The molecule has 1 heterocycles. The number of hydrogen-bond acceptors (Lipinski definition) is 5. The molecular formula is C15H17ClN6O4. The summed E-state index contributed by atoms with van der Waals surface area (Å²) in [7, 11) is 0. The monoisotopic (exact) mass is 380 g/mol. The first kappa shape index (κ1) is 19.2. The molecule has 0 fully saturated rings. The lowest BCUT2D eigenvalue weighted by atomic mass is 10.3. The van der Waals surface area contributed by atoms with Crippen LogP contribution >= 0.6 is 11.6 Å². The molecule has 2 aromatic rings. The zero-order valence-electron chi connectivity index (χ0n) is 14.1. The summed E-state index contributed by atoms with van der Waals surface area (Å²) in [5.41, 5.74) is 5.56. The Kier molecular flexibility index (Phi) is 6.12. The van der Waals surface area contributed by atoms with Crippen molar-refractivity contribution >= 4 is 34.9 Å². The molecule has 10 nitrogen and oxygen atoms in total. The van der Waals surface area contributed by atoms with Gasteiger partial charge in [-0.25, -0.2) is 10.2 Å². The quantitative estimate of drug-likeness (QED) is 0.541. The number of carbonyl (C=O) groups is 2. The van der Waals surface area contributed by atoms with Gasteiger partial charge in [0.05, 0.1) is 11.5 Å². The summed E-state index contributed by atoms with van der Waals surface area (Å²) in [6, 6.07) is 5.83. The number of benzene rings is 1. The topological polar surface area (TPSA) is 131 Å². The highest BCUT2D eigenvalue weighted by molar-refractivity contribution is 6.30. The predicted octanol–water partition coefficient (Wildman–Crippen LogP) is 2.30.